The first-order chi connectivity index (χ1) is 16.6. The maximum atomic E-state index is 12.8. The number of para-hydroxylation sites is 2. The van der Waals surface area contributed by atoms with E-state index in [1.54, 1.807) is 24.3 Å². The zero-order valence-corrected chi connectivity index (χ0v) is 19.4. The number of carbonyl (C=O) groups is 2. The Morgan fingerprint density at radius 3 is 2.44 bits per heavy atom. The molecule has 3 aromatic carbocycles. The lowest BCUT2D eigenvalue weighted by molar-refractivity contribution is -0.117. The molecule has 1 unspecified atom stereocenters. The third-order valence-electron chi connectivity index (χ3n) is 5.75. The highest BCUT2D eigenvalue weighted by Gasteiger charge is 2.34. The molecule has 1 aliphatic heterocycles. The molecule has 1 saturated heterocycles. The van der Waals surface area contributed by atoms with Gasteiger partial charge in [-0.1, -0.05) is 62.4 Å². The minimum absolute atomic E-state index is 0.0750. The summed E-state index contributed by atoms with van der Waals surface area (Å²) in [5, 5.41) is 1.25. The molecule has 0 spiro atoms. The summed E-state index contributed by atoms with van der Waals surface area (Å²) in [6.45, 7) is 5.13. The summed E-state index contributed by atoms with van der Waals surface area (Å²) in [4.78, 5) is 25.2. The van der Waals surface area contributed by atoms with Crippen LogP contribution in [-0.4, -0.2) is 25.0 Å². The van der Waals surface area contributed by atoms with E-state index in [2.05, 4.69) is 25.3 Å². The number of carbonyl (C=O) groups excluding carboxylic acids is 2. The van der Waals surface area contributed by atoms with E-state index in [1.807, 2.05) is 54.6 Å². The fraction of sp³-hybridized carbons (Fsp3) is 0.214. The topological polar surface area (TPSA) is 67.9 Å². The summed E-state index contributed by atoms with van der Waals surface area (Å²) in [5.74, 6) is 1.12. The van der Waals surface area contributed by atoms with Crippen molar-refractivity contribution in [2.24, 2.45) is 0 Å². The average Bonchev–Trinajstić information content (AvgIpc) is 3.15. The summed E-state index contributed by atoms with van der Waals surface area (Å²) in [7, 11) is 0. The van der Waals surface area contributed by atoms with E-state index in [0.29, 0.717) is 36.1 Å². The van der Waals surface area contributed by atoms with Crippen LogP contribution in [0.3, 0.4) is 0 Å². The van der Waals surface area contributed by atoms with Crippen molar-refractivity contribution in [3.63, 3.8) is 0 Å². The Morgan fingerprint density at radius 1 is 0.912 bits per heavy atom. The van der Waals surface area contributed by atoms with Crippen molar-refractivity contribution in [1.29, 1.82) is 0 Å². The van der Waals surface area contributed by atoms with Crippen LogP contribution in [0.4, 0.5) is 5.69 Å². The normalized spacial score (nSPS) is 15.4. The van der Waals surface area contributed by atoms with Crippen molar-refractivity contribution in [2.45, 2.75) is 26.2 Å². The molecule has 2 amide bonds. The number of amides is 2. The first-order valence-electron chi connectivity index (χ1n) is 11.4. The van der Waals surface area contributed by atoms with E-state index in [4.69, 9.17) is 9.47 Å². The van der Waals surface area contributed by atoms with Gasteiger partial charge in [0.2, 0.25) is 0 Å². The molecule has 4 rings (SSSR count). The number of hydrazine groups is 1. The van der Waals surface area contributed by atoms with Gasteiger partial charge in [-0.3, -0.25) is 15.0 Å². The molecule has 1 aliphatic rings. The molecule has 1 fully saturated rings. The third-order valence-corrected chi connectivity index (χ3v) is 5.75. The van der Waals surface area contributed by atoms with Gasteiger partial charge in [-0.25, -0.2) is 5.01 Å². The number of rotatable bonds is 9. The van der Waals surface area contributed by atoms with Gasteiger partial charge in [-0.2, -0.15) is 0 Å². The maximum absolute atomic E-state index is 12.8. The molecule has 34 heavy (non-hydrogen) atoms. The molecule has 6 heteroatoms. The lowest BCUT2D eigenvalue weighted by atomic mass is 9.98. The molecule has 0 radical (unpaired) electrons. The Balaban J connectivity index is 1.38. The molecule has 0 aromatic heterocycles. The molecule has 0 bridgehead atoms. The monoisotopic (exact) mass is 456 g/mol. The molecule has 1 heterocycles. The zero-order chi connectivity index (χ0) is 23.9. The second kappa shape index (κ2) is 10.7. The Hall–Kier alpha value is -4.06. The van der Waals surface area contributed by atoms with Crippen LogP contribution in [0.5, 0.6) is 11.5 Å². The van der Waals surface area contributed by atoms with Crippen molar-refractivity contribution in [2.75, 3.05) is 18.2 Å². The quantitative estimate of drug-likeness (QED) is 0.276. The standard InChI is InChI=1S/C28H28N2O4/c1-3-20(2)24-14-7-8-15-26(24)34-17-16-33-23-13-9-10-21(18-23)19-25-27(31)29-30(28(25)32)22-11-5-4-6-12-22/h4-15,18-20H,3,16-17H2,1-2H3,(H,29,31). The predicted octanol–water partition coefficient (Wildman–Crippen LogP) is 5.12. The lowest BCUT2D eigenvalue weighted by Crippen LogP contribution is -2.35. The van der Waals surface area contributed by atoms with Gasteiger partial charge < -0.3 is 9.47 Å². The molecular weight excluding hydrogens is 428 g/mol. The van der Waals surface area contributed by atoms with Gasteiger partial charge in [0, 0.05) is 0 Å². The molecule has 0 saturated carbocycles. The molecule has 1 atom stereocenters. The van der Waals surface area contributed by atoms with Gasteiger partial charge >= 0.3 is 0 Å². The van der Waals surface area contributed by atoms with Crippen LogP contribution < -0.4 is 19.9 Å². The molecule has 0 aliphatic carbocycles. The Morgan fingerprint density at radius 2 is 1.65 bits per heavy atom. The summed E-state index contributed by atoms with van der Waals surface area (Å²) >= 11 is 0. The number of benzene rings is 3. The number of ether oxygens (including phenoxy) is 2. The van der Waals surface area contributed by atoms with E-state index >= 15 is 0 Å². The minimum atomic E-state index is -0.437. The van der Waals surface area contributed by atoms with E-state index in [-0.39, 0.29) is 5.57 Å². The van der Waals surface area contributed by atoms with Crippen molar-refractivity contribution in [1.82, 2.24) is 5.43 Å². The third kappa shape index (κ3) is 5.29. The van der Waals surface area contributed by atoms with Crippen molar-refractivity contribution >= 4 is 23.6 Å². The van der Waals surface area contributed by atoms with Gasteiger partial charge in [0.1, 0.15) is 30.3 Å². The molecule has 6 nitrogen and oxygen atoms in total. The first-order valence-corrected chi connectivity index (χ1v) is 11.4. The Labute approximate surface area is 199 Å². The predicted molar refractivity (Wildman–Crippen MR) is 133 cm³/mol. The van der Waals surface area contributed by atoms with Gasteiger partial charge in [0.25, 0.3) is 11.8 Å². The van der Waals surface area contributed by atoms with Crippen LogP contribution in [0.25, 0.3) is 6.08 Å². The van der Waals surface area contributed by atoms with Gasteiger partial charge in [-0.15, -0.1) is 0 Å². The average molecular weight is 457 g/mol. The summed E-state index contributed by atoms with van der Waals surface area (Å²) in [6, 6.07) is 24.4. The van der Waals surface area contributed by atoms with Crippen LogP contribution in [0.2, 0.25) is 0 Å². The molecule has 174 valence electrons. The van der Waals surface area contributed by atoms with E-state index in [0.717, 1.165) is 12.2 Å². The second-order valence-corrected chi connectivity index (χ2v) is 8.09. The Kier molecular flexibility index (Phi) is 7.28. The number of hydrogen-bond acceptors (Lipinski definition) is 4. The van der Waals surface area contributed by atoms with Crippen LogP contribution >= 0.6 is 0 Å². The highest BCUT2D eigenvalue weighted by molar-refractivity contribution is 6.31. The summed E-state index contributed by atoms with van der Waals surface area (Å²) < 4.78 is 11.8. The fourth-order valence-electron chi connectivity index (χ4n) is 3.73. The zero-order valence-electron chi connectivity index (χ0n) is 19.4. The van der Waals surface area contributed by atoms with Gasteiger partial charge in [0.05, 0.1) is 5.69 Å². The van der Waals surface area contributed by atoms with E-state index < -0.39 is 11.8 Å². The fourth-order valence-corrected chi connectivity index (χ4v) is 3.73. The van der Waals surface area contributed by atoms with Crippen molar-refractivity contribution < 1.29 is 19.1 Å². The number of nitrogens with one attached hydrogen (secondary N) is 1. The first kappa shape index (κ1) is 23.1. The Bertz CT molecular complexity index is 1190. The van der Waals surface area contributed by atoms with Gasteiger partial charge in [0.15, 0.2) is 0 Å². The summed E-state index contributed by atoms with van der Waals surface area (Å²) in [6.07, 6.45) is 2.62. The maximum Gasteiger partial charge on any atom is 0.282 e. The van der Waals surface area contributed by atoms with Crippen LogP contribution in [-0.2, 0) is 9.59 Å². The number of nitrogens with zero attached hydrogens (tertiary/aromatic N) is 1. The van der Waals surface area contributed by atoms with Crippen LogP contribution in [0, 0.1) is 0 Å². The van der Waals surface area contributed by atoms with Crippen molar-refractivity contribution in [3.05, 3.63) is 95.6 Å². The second-order valence-electron chi connectivity index (χ2n) is 8.09. The molecule has 3 aromatic rings. The largest absolute Gasteiger partial charge is 0.490 e. The SMILES string of the molecule is CCC(C)c1ccccc1OCCOc1cccc(C=C2C(=O)NN(c3ccccc3)C2=O)c1. The van der Waals surface area contributed by atoms with E-state index in [9.17, 15) is 9.59 Å². The minimum Gasteiger partial charge on any atom is -0.490 e. The highest BCUT2D eigenvalue weighted by atomic mass is 16.5. The summed E-state index contributed by atoms with van der Waals surface area (Å²) in [5.41, 5.74) is 5.19. The van der Waals surface area contributed by atoms with Crippen LogP contribution in [0.1, 0.15) is 37.3 Å². The number of hydrogen-bond donors (Lipinski definition) is 1. The number of anilines is 1. The molecular formula is C28H28N2O4. The van der Waals surface area contributed by atoms with Crippen molar-refractivity contribution in [3.8, 4) is 11.5 Å². The molecule has 1 N–H and O–H groups in total. The van der Waals surface area contributed by atoms with E-state index in [1.165, 1.54) is 10.6 Å². The lowest BCUT2D eigenvalue weighted by Gasteiger charge is -2.16. The highest BCUT2D eigenvalue weighted by Crippen LogP contribution is 2.28. The van der Waals surface area contributed by atoms with Crippen LogP contribution in [0.15, 0.2) is 84.4 Å². The smallest absolute Gasteiger partial charge is 0.282 e. The van der Waals surface area contributed by atoms with Gasteiger partial charge in [-0.05, 0) is 59.9 Å².